The molecule has 0 saturated carbocycles. The summed E-state index contributed by atoms with van der Waals surface area (Å²) in [7, 11) is 0.825. The maximum atomic E-state index is 13.7. The minimum atomic E-state index is -5.13. The van der Waals surface area contributed by atoms with Crippen molar-refractivity contribution in [2.75, 3.05) is 7.11 Å². The summed E-state index contributed by atoms with van der Waals surface area (Å²) in [5.74, 6) is -2.55. The fraction of sp³-hybridized carbons (Fsp3) is 0.188. The number of halogens is 4. The van der Waals surface area contributed by atoms with Crippen LogP contribution in [0.15, 0.2) is 58.7 Å². The molecule has 0 spiro atoms. The highest BCUT2D eigenvalue weighted by Gasteiger charge is 2.64. The van der Waals surface area contributed by atoms with Crippen molar-refractivity contribution in [3.05, 3.63) is 60.1 Å². The topological polar surface area (TPSA) is 54.3 Å². The molecule has 0 unspecified atom stereocenters. The van der Waals surface area contributed by atoms with Crippen molar-refractivity contribution in [1.29, 1.82) is 0 Å². The molecule has 0 fully saturated rings. The van der Waals surface area contributed by atoms with E-state index in [9.17, 15) is 22.4 Å². The molecule has 130 valence electrons. The summed E-state index contributed by atoms with van der Waals surface area (Å²) in [5.41, 5.74) is -3.24. The third-order valence-electron chi connectivity index (χ3n) is 3.58. The summed E-state index contributed by atoms with van der Waals surface area (Å²) in [6.07, 6.45) is 0.665. The summed E-state index contributed by atoms with van der Waals surface area (Å²) < 4.78 is 58.6. The zero-order valence-corrected chi connectivity index (χ0v) is 12.8. The number of nitrogens with zero attached hydrogens (tertiary/aromatic N) is 3. The molecule has 9 heteroatoms. The Morgan fingerprint density at radius 2 is 1.84 bits per heavy atom. The van der Waals surface area contributed by atoms with Gasteiger partial charge in [-0.3, -0.25) is 4.90 Å². The number of fused-ring (bicyclic) bond motifs is 1. The first-order chi connectivity index (χ1) is 11.8. The highest BCUT2D eigenvalue weighted by molar-refractivity contribution is 6.16. The Morgan fingerprint density at radius 1 is 1.16 bits per heavy atom. The smallest absolute Gasteiger partial charge is 0.445 e. The van der Waals surface area contributed by atoms with Gasteiger partial charge in [-0.2, -0.15) is 13.2 Å². The van der Waals surface area contributed by atoms with E-state index in [2.05, 4.69) is 14.7 Å². The fourth-order valence-electron chi connectivity index (χ4n) is 2.38. The Kier molecular flexibility index (Phi) is 3.94. The molecule has 0 amide bonds. The number of amidine groups is 2. The third-order valence-corrected chi connectivity index (χ3v) is 3.58. The molecule has 2 heterocycles. The highest BCUT2D eigenvalue weighted by atomic mass is 19.4. The highest BCUT2D eigenvalue weighted by Crippen LogP contribution is 2.39. The monoisotopic (exact) mass is 353 g/mol. The van der Waals surface area contributed by atoms with Crippen molar-refractivity contribution in [2.24, 2.45) is 9.98 Å². The molecule has 3 rings (SSSR count). The van der Waals surface area contributed by atoms with Crippen LogP contribution in [0.1, 0.15) is 5.56 Å². The lowest BCUT2D eigenvalue weighted by molar-refractivity contribution is -0.202. The summed E-state index contributed by atoms with van der Waals surface area (Å²) >= 11 is 0. The number of rotatable bonds is 2. The van der Waals surface area contributed by atoms with Crippen LogP contribution in [-0.4, -0.2) is 41.5 Å². The van der Waals surface area contributed by atoms with E-state index in [1.807, 2.05) is 0 Å². The fourth-order valence-corrected chi connectivity index (χ4v) is 2.38. The molecule has 1 atom stereocenters. The van der Waals surface area contributed by atoms with Crippen LogP contribution in [0, 0.1) is 5.82 Å². The molecule has 5 nitrogen and oxygen atoms in total. The Labute approximate surface area is 139 Å². The Balaban J connectivity index is 2.25. The zero-order chi connectivity index (χ0) is 18.2. The Hall–Kier alpha value is -2.97. The lowest BCUT2D eigenvalue weighted by Crippen LogP contribution is -2.55. The van der Waals surface area contributed by atoms with Crippen molar-refractivity contribution in [3.8, 4) is 0 Å². The number of benzene rings is 1. The maximum absolute atomic E-state index is 13.7. The molecule has 1 aromatic carbocycles. The van der Waals surface area contributed by atoms with E-state index in [4.69, 9.17) is 0 Å². The molecule has 2 aliphatic heterocycles. The minimum absolute atomic E-state index is 0.139. The SMILES string of the molecule is COC(=O)[C@]1(C(F)(F)F)N=C2C=CC=CN2C(c2ccc(F)cc2)=N1. The predicted octanol–water partition coefficient (Wildman–Crippen LogP) is 2.80. The molecule has 0 saturated heterocycles. The molecule has 25 heavy (non-hydrogen) atoms. The number of carbonyl (C=O) groups excluding carboxylic acids is 1. The lowest BCUT2D eigenvalue weighted by Gasteiger charge is -2.35. The first kappa shape index (κ1) is 16.9. The van der Waals surface area contributed by atoms with E-state index in [1.54, 1.807) is 6.08 Å². The predicted molar refractivity (Wildman–Crippen MR) is 81.3 cm³/mol. The second-order valence-corrected chi connectivity index (χ2v) is 5.14. The van der Waals surface area contributed by atoms with Gasteiger partial charge in [-0.15, -0.1) is 0 Å². The number of hydrogen-bond acceptors (Lipinski definition) is 5. The van der Waals surface area contributed by atoms with E-state index < -0.39 is 23.6 Å². The van der Waals surface area contributed by atoms with Crippen molar-refractivity contribution in [3.63, 3.8) is 0 Å². The standard InChI is InChI=1S/C16H11F4N3O2/c1-25-14(24)15(16(18,19)20)21-12-4-2-3-9-23(12)13(22-15)10-5-7-11(17)8-6-10/h2-9H,1H3/t15-/m0/s1. The van der Waals surface area contributed by atoms with Crippen LogP contribution >= 0.6 is 0 Å². The largest absolute Gasteiger partial charge is 0.465 e. The summed E-state index contributed by atoms with van der Waals surface area (Å²) in [6, 6.07) is 4.70. The van der Waals surface area contributed by atoms with Crippen LogP contribution in [0.3, 0.4) is 0 Å². The van der Waals surface area contributed by atoms with Crippen LogP contribution in [0.2, 0.25) is 0 Å². The van der Waals surface area contributed by atoms with Gasteiger partial charge in [0.2, 0.25) is 0 Å². The van der Waals surface area contributed by atoms with Crippen molar-refractivity contribution in [2.45, 2.75) is 11.8 Å². The van der Waals surface area contributed by atoms with Gasteiger partial charge in [0.1, 0.15) is 17.5 Å². The van der Waals surface area contributed by atoms with Crippen molar-refractivity contribution in [1.82, 2.24) is 4.90 Å². The van der Waals surface area contributed by atoms with E-state index in [1.165, 1.54) is 35.4 Å². The van der Waals surface area contributed by atoms with Crippen molar-refractivity contribution >= 4 is 17.6 Å². The second kappa shape index (κ2) is 5.83. The van der Waals surface area contributed by atoms with Crippen LogP contribution in [0.4, 0.5) is 17.6 Å². The first-order valence-corrected chi connectivity index (χ1v) is 7.03. The average molecular weight is 353 g/mol. The van der Waals surface area contributed by atoms with Gasteiger partial charge in [0.15, 0.2) is 0 Å². The quantitative estimate of drug-likeness (QED) is 0.607. The van der Waals surface area contributed by atoms with Gasteiger partial charge >= 0.3 is 17.8 Å². The van der Waals surface area contributed by atoms with E-state index in [0.29, 0.717) is 0 Å². The number of hydrogen-bond donors (Lipinski definition) is 0. The molecule has 0 radical (unpaired) electrons. The van der Waals surface area contributed by atoms with E-state index >= 15 is 0 Å². The normalized spacial score (nSPS) is 22.2. The molecule has 0 aliphatic carbocycles. The maximum Gasteiger partial charge on any atom is 0.445 e. The second-order valence-electron chi connectivity index (χ2n) is 5.14. The van der Waals surface area contributed by atoms with Crippen LogP contribution < -0.4 is 0 Å². The summed E-state index contributed by atoms with van der Waals surface area (Å²) in [5, 5.41) is 0. The van der Waals surface area contributed by atoms with Gasteiger partial charge in [0.05, 0.1) is 7.11 Å². The van der Waals surface area contributed by atoms with Gasteiger partial charge in [0.25, 0.3) is 0 Å². The van der Waals surface area contributed by atoms with Crippen LogP contribution in [0.25, 0.3) is 0 Å². The van der Waals surface area contributed by atoms with Crippen LogP contribution in [-0.2, 0) is 9.53 Å². The molecular formula is C16H11F4N3O2. The first-order valence-electron chi connectivity index (χ1n) is 7.03. The molecule has 0 N–H and O–H groups in total. The molecule has 0 aromatic heterocycles. The van der Waals surface area contributed by atoms with Crippen LogP contribution in [0.5, 0.6) is 0 Å². The lowest BCUT2D eigenvalue weighted by atomic mass is 10.1. The van der Waals surface area contributed by atoms with Gasteiger partial charge in [-0.1, -0.05) is 6.08 Å². The number of methoxy groups -OCH3 is 1. The van der Waals surface area contributed by atoms with Crippen molar-refractivity contribution < 1.29 is 27.1 Å². The zero-order valence-electron chi connectivity index (χ0n) is 12.8. The van der Waals surface area contributed by atoms with Gasteiger partial charge < -0.3 is 4.74 Å². The third kappa shape index (κ3) is 2.71. The van der Waals surface area contributed by atoms with E-state index in [-0.39, 0.29) is 17.2 Å². The number of ether oxygens (including phenoxy) is 1. The molecular weight excluding hydrogens is 342 g/mol. The molecule has 1 aromatic rings. The number of allylic oxidation sites excluding steroid dienone is 2. The average Bonchev–Trinajstić information content (AvgIpc) is 2.59. The van der Waals surface area contributed by atoms with Gasteiger partial charge in [-0.05, 0) is 36.4 Å². The minimum Gasteiger partial charge on any atom is -0.465 e. The molecule has 0 bridgehead atoms. The number of aliphatic imine (C=N–C) groups is 2. The number of alkyl halides is 3. The summed E-state index contributed by atoms with van der Waals surface area (Å²) in [6.45, 7) is 0. The summed E-state index contributed by atoms with van der Waals surface area (Å²) in [4.78, 5) is 20.3. The number of esters is 1. The van der Waals surface area contributed by atoms with E-state index in [0.717, 1.165) is 19.2 Å². The van der Waals surface area contributed by atoms with Gasteiger partial charge in [-0.25, -0.2) is 19.2 Å². The number of carbonyl (C=O) groups is 1. The Bertz CT molecular complexity index is 825. The Morgan fingerprint density at radius 3 is 2.44 bits per heavy atom. The van der Waals surface area contributed by atoms with Gasteiger partial charge in [0, 0.05) is 11.8 Å². The molecule has 2 aliphatic rings.